The fourth-order valence-electron chi connectivity index (χ4n) is 1.28. The number of benzene rings is 1. The zero-order chi connectivity index (χ0) is 8.39. The molecular formula is C9H11NO2. The van der Waals surface area contributed by atoms with Gasteiger partial charge in [-0.2, -0.15) is 0 Å². The van der Waals surface area contributed by atoms with Gasteiger partial charge in [-0.25, -0.2) is 0 Å². The highest BCUT2D eigenvalue weighted by molar-refractivity contribution is 5.42. The zero-order valence-corrected chi connectivity index (χ0v) is 6.75. The molecule has 0 fully saturated rings. The molecule has 1 aliphatic rings. The molecule has 1 aromatic rings. The second kappa shape index (κ2) is 3.03. The van der Waals surface area contributed by atoms with Gasteiger partial charge in [0.15, 0.2) is 0 Å². The van der Waals surface area contributed by atoms with Crippen molar-refractivity contribution >= 4 is 0 Å². The minimum atomic E-state index is 0.319. The summed E-state index contributed by atoms with van der Waals surface area (Å²) >= 11 is 0. The van der Waals surface area contributed by atoms with Gasteiger partial charge >= 0.3 is 0 Å². The Morgan fingerprint density at radius 1 is 1.33 bits per heavy atom. The van der Waals surface area contributed by atoms with Crippen molar-refractivity contribution in [1.82, 2.24) is 0 Å². The largest absolute Gasteiger partial charge is 0.457 e. The van der Waals surface area contributed by atoms with Crippen molar-refractivity contribution in [3.63, 3.8) is 0 Å². The predicted octanol–water partition coefficient (Wildman–Crippen LogP) is 0.916. The molecule has 0 saturated carbocycles. The highest BCUT2D eigenvalue weighted by Gasteiger charge is 2.09. The normalized spacial score (nSPS) is 13.4. The van der Waals surface area contributed by atoms with Gasteiger partial charge in [0.05, 0.1) is 0 Å². The van der Waals surface area contributed by atoms with Crippen LogP contribution in [-0.4, -0.2) is 13.3 Å². The van der Waals surface area contributed by atoms with Gasteiger partial charge in [-0.15, -0.1) is 0 Å². The van der Waals surface area contributed by atoms with E-state index >= 15 is 0 Å². The third-order valence-electron chi connectivity index (χ3n) is 1.89. The molecule has 0 radical (unpaired) electrons. The number of ether oxygens (including phenoxy) is 2. The fourth-order valence-corrected chi connectivity index (χ4v) is 1.28. The lowest BCUT2D eigenvalue weighted by Gasteiger charge is -2.18. The molecular weight excluding hydrogens is 154 g/mol. The van der Waals surface area contributed by atoms with Gasteiger partial charge in [-0.1, -0.05) is 6.07 Å². The molecule has 2 rings (SSSR count). The van der Waals surface area contributed by atoms with Crippen LogP contribution < -0.4 is 15.2 Å². The van der Waals surface area contributed by atoms with Crippen molar-refractivity contribution < 1.29 is 9.47 Å². The van der Waals surface area contributed by atoms with E-state index in [0.717, 1.165) is 23.5 Å². The van der Waals surface area contributed by atoms with Crippen molar-refractivity contribution in [3.8, 4) is 11.5 Å². The monoisotopic (exact) mass is 165 g/mol. The van der Waals surface area contributed by atoms with Gasteiger partial charge < -0.3 is 15.2 Å². The molecule has 0 unspecified atom stereocenters. The number of hydrogen-bond acceptors (Lipinski definition) is 3. The average molecular weight is 165 g/mol. The number of hydrogen-bond donors (Lipinski definition) is 1. The summed E-state index contributed by atoms with van der Waals surface area (Å²) < 4.78 is 10.5. The summed E-state index contributed by atoms with van der Waals surface area (Å²) in [5.41, 5.74) is 6.61. The highest BCUT2D eigenvalue weighted by atomic mass is 16.7. The summed E-state index contributed by atoms with van der Waals surface area (Å²) in [5.74, 6) is 1.78. The minimum Gasteiger partial charge on any atom is -0.457 e. The lowest BCUT2D eigenvalue weighted by molar-refractivity contribution is 0.104. The second-order valence-electron chi connectivity index (χ2n) is 2.71. The molecule has 0 spiro atoms. The minimum absolute atomic E-state index is 0.319. The molecule has 1 heterocycles. The second-order valence-corrected chi connectivity index (χ2v) is 2.71. The van der Waals surface area contributed by atoms with E-state index in [0.29, 0.717) is 13.3 Å². The molecule has 12 heavy (non-hydrogen) atoms. The summed E-state index contributed by atoms with van der Waals surface area (Å²) in [6, 6.07) is 5.84. The van der Waals surface area contributed by atoms with E-state index < -0.39 is 0 Å². The Labute approximate surface area is 71.1 Å². The van der Waals surface area contributed by atoms with Crippen LogP contribution in [0.2, 0.25) is 0 Å². The molecule has 2 bridgehead atoms. The first-order valence-corrected chi connectivity index (χ1v) is 3.99. The Bertz CT molecular complexity index is 286. The molecule has 1 aliphatic heterocycles. The summed E-state index contributed by atoms with van der Waals surface area (Å²) in [7, 11) is 0. The maximum atomic E-state index is 5.45. The average Bonchev–Trinajstić information content (AvgIpc) is 2.11. The van der Waals surface area contributed by atoms with Crippen LogP contribution in [0.15, 0.2) is 18.2 Å². The third-order valence-corrected chi connectivity index (χ3v) is 1.89. The standard InChI is InChI=1S/C9H11NO2/c10-4-3-7-1-2-8-5-9(7)12-6-11-8/h1-2,5H,3-4,6,10H2. The van der Waals surface area contributed by atoms with Crippen LogP contribution in [0.3, 0.4) is 0 Å². The van der Waals surface area contributed by atoms with E-state index in [1.54, 1.807) is 0 Å². The van der Waals surface area contributed by atoms with Gasteiger partial charge in [-0.3, -0.25) is 0 Å². The number of nitrogens with two attached hydrogens (primary N) is 1. The molecule has 1 aromatic carbocycles. The van der Waals surface area contributed by atoms with Crippen molar-refractivity contribution in [3.05, 3.63) is 23.8 Å². The molecule has 64 valence electrons. The Kier molecular flexibility index (Phi) is 1.87. The van der Waals surface area contributed by atoms with E-state index in [1.807, 2.05) is 18.2 Å². The molecule has 0 saturated heterocycles. The Morgan fingerprint density at radius 2 is 2.25 bits per heavy atom. The molecule has 0 atom stereocenters. The first-order chi connectivity index (χ1) is 5.90. The maximum absolute atomic E-state index is 5.45. The van der Waals surface area contributed by atoms with Crippen LogP contribution in [0.25, 0.3) is 0 Å². The van der Waals surface area contributed by atoms with Gasteiger partial charge in [0.1, 0.15) is 11.5 Å². The summed E-state index contributed by atoms with van der Waals surface area (Å²) in [6.07, 6.45) is 0.857. The third kappa shape index (κ3) is 1.23. The Hall–Kier alpha value is -1.22. The van der Waals surface area contributed by atoms with Crippen molar-refractivity contribution in [1.29, 1.82) is 0 Å². The van der Waals surface area contributed by atoms with Crippen LogP contribution in [0.1, 0.15) is 5.56 Å². The van der Waals surface area contributed by atoms with E-state index in [-0.39, 0.29) is 0 Å². The van der Waals surface area contributed by atoms with Crippen molar-refractivity contribution in [2.24, 2.45) is 5.73 Å². The lowest BCUT2D eigenvalue weighted by atomic mass is 10.1. The molecule has 3 nitrogen and oxygen atoms in total. The van der Waals surface area contributed by atoms with Gasteiger partial charge in [0, 0.05) is 6.07 Å². The summed E-state index contributed by atoms with van der Waals surface area (Å²) in [4.78, 5) is 0. The van der Waals surface area contributed by atoms with Crippen LogP contribution in [0.4, 0.5) is 0 Å². The van der Waals surface area contributed by atoms with Crippen LogP contribution in [0.5, 0.6) is 11.5 Å². The molecule has 0 aromatic heterocycles. The van der Waals surface area contributed by atoms with Crippen LogP contribution >= 0.6 is 0 Å². The van der Waals surface area contributed by atoms with E-state index in [2.05, 4.69) is 0 Å². The van der Waals surface area contributed by atoms with Gasteiger partial charge in [0.25, 0.3) is 0 Å². The van der Waals surface area contributed by atoms with E-state index in [9.17, 15) is 0 Å². The van der Waals surface area contributed by atoms with Gasteiger partial charge in [-0.05, 0) is 24.6 Å². The number of fused-ring (bicyclic) bond motifs is 2. The van der Waals surface area contributed by atoms with E-state index in [4.69, 9.17) is 15.2 Å². The topological polar surface area (TPSA) is 44.5 Å². The summed E-state index contributed by atoms with van der Waals surface area (Å²) in [6.45, 7) is 0.968. The Balaban J connectivity index is 2.32. The quantitative estimate of drug-likeness (QED) is 0.708. The first kappa shape index (κ1) is 7.43. The van der Waals surface area contributed by atoms with Gasteiger partial charge in [0.2, 0.25) is 6.79 Å². The summed E-state index contributed by atoms with van der Waals surface area (Å²) in [5, 5.41) is 0. The first-order valence-electron chi connectivity index (χ1n) is 3.99. The van der Waals surface area contributed by atoms with E-state index in [1.165, 1.54) is 0 Å². The maximum Gasteiger partial charge on any atom is 0.230 e. The van der Waals surface area contributed by atoms with Crippen molar-refractivity contribution in [2.45, 2.75) is 6.42 Å². The molecule has 0 amide bonds. The lowest BCUT2D eigenvalue weighted by Crippen LogP contribution is -2.13. The molecule has 2 N–H and O–H groups in total. The number of rotatable bonds is 2. The predicted molar refractivity (Wildman–Crippen MR) is 45.3 cm³/mol. The Morgan fingerprint density at radius 3 is 3.08 bits per heavy atom. The molecule has 0 aliphatic carbocycles. The zero-order valence-electron chi connectivity index (χ0n) is 6.75. The SMILES string of the molecule is NCCc1ccc2cc1OCO2. The highest BCUT2D eigenvalue weighted by Crippen LogP contribution is 2.28. The van der Waals surface area contributed by atoms with Crippen LogP contribution in [-0.2, 0) is 6.42 Å². The molecule has 3 heteroatoms. The van der Waals surface area contributed by atoms with Crippen molar-refractivity contribution in [2.75, 3.05) is 13.3 Å². The fraction of sp³-hybridized carbons (Fsp3) is 0.333. The van der Waals surface area contributed by atoms with Crippen LogP contribution in [0, 0.1) is 0 Å². The smallest absolute Gasteiger partial charge is 0.230 e.